The van der Waals surface area contributed by atoms with Crippen LogP contribution in [0, 0.1) is 0 Å². The number of rotatable bonds is 5. The molecule has 3 nitrogen and oxygen atoms in total. The van der Waals surface area contributed by atoms with Gasteiger partial charge in [0, 0.05) is 23.2 Å². The van der Waals surface area contributed by atoms with E-state index in [1.54, 1.807) is 0 Å². The van der Waals surface area contributed by atoms with Crippen molar-refractivity contribution in [1.29, 1.82) is 0 Å². The molecule has 1 saturated heterocycles. The second-order valence-corrected chi connectivity index (χ2v) is 7.31. The van der Waals surface area contributed by atoms with Crippen LogP contribution in [0.2, 0.25) is 0 Å². The van der Waals surface area contributed by atoms with Crippen LogP contribution in [0.15, 0.2) is 41.8 Å². The standard InChI is InChI=1S/C19H24N2OS.ClH/c20-16-8-6-15(7-9-16)14-19(22)21-12-2-1-4-17(21)10-11-18-5-3-13-23-18;/h3,5-9,13,17H,1-2,4,10-12,14,20H2;1H. The highest BCUT2D eigenvalue weighted by Crippen LogP contribution is 2.23. The van der Waals surface area contributed by atoms with Crippen molar-refractivity contribution in [2.75, 3.05) is 12.3 Å². The van der Waals surface area contributed by atoms with E-state index < -0.39 is 0 Å². The van der Waals surface area contributed by atoms with Gasteiger partial charge in [0.25, 0.3) is 0 Å². The van der Waals surface area contributed by atoms with Gasteiger partial charge in [0.05, 0.1) is 6.42 Å². The molecule has 130 valence electrons. The number of piperidine rings is 1. The van der Waals surface area contributed by atoms with E-state index >= 15 is 0 Å². The van der Waals surface area contributed by atoms with Crippen molar-refractivity contribution >= 4 is 35.3 Å². The summed E-state index contributed by atoms with van der Waals surface area (Å²) in [5, 5.41) is 2.13. The Bertz CT molecular complexity index is 627. The minimum atomic E-state index is 0. The zero-order chi connectivity index (χ0) is 16.1. The summed E-state index contributed by atoms with van der Waals surface area (Å²) in [5.41, 5.74) is 7.51. The number of nitrogen functional groups attached to an aromatic ring is 1. The molecule has 2 N–H and O–H groups in total. The molecular formula is C19H25ClN2OS. The Hall–Kier alpha value is -1.52. The highest BCUT2D eigenvalue weighted by atomic mass is 35.5. The van der Waals surface area contributed by atoms with Gasteiger partial charge in [0.15, 0.2) is 0 Å². The number of aryl methyl sites for hydroxylation is 1. The van der Waals surface area contributed by atoms with Crippen molar-refractivity contribution in [2.24, 2.45) is 0 Å². The number of benzene rings is 1. The van der Waals surface area contributed by atoms with Crippen LogP contribution in [0.4, 0.5) is 5.69 Å². The van der Waals surface area contributed by atoms with Gasteiger partial charge in [0.1, 0.15) is 0 Å². The highest BCUT2D eigenvalue weighted by Gasteiger charge is 2.26. The second-order valence-electron chi connectivity index (χ2n) is 6.27. The molecule has 1 unspecified atom stereocenters. The Morgan fingerprint density at radius 1 is 1.21 bits per heavy atom. The van der Waals surface area contributed by atoms with Crippen molar-refractivity contribution in [3.05, 3.63) is 52.2 Å². The molecule has 1 aliphatic heterocycles. The number of amides is 1. The fourth-order valence-corrected chi connectivity index (χ4v) is 4.03. The Kier molecular flexibility index (Phi) is 7.13. The fraction of sp³-hybridized carbons (Fsp3) is 0.421. The molecule has 0 spiro atoms. The number of carbonyl (C=O) groups is 1. The van der Waals surface area contributed by atoms with Crippen LogP contribution in [0.1, 0.15) is 36.1 Å². The van der Waals surface area contributed by atoms with E-state index in [0.29, 0.717) is 12.5 Å². The lowest BCUT2D eigenvalue weighted by Crippen LogP contribution is -2.44. The first-order valence-electron chi connectivity index (χ1n) is 8.38. The average Bonchev–Trinajstić information content (AvgIpc) is 3.09. The summed E-state index contributed by atoms with van der Waals surface area (Å²) in [6.45, 7) is 0.906. The van der Waals surface area contributed by atoms with E-state index in [-0.39, 0.29) is 18.3 Å². The molecule has 2 aromatic rings. The van der Waals surface area contributed by atoms with Crippen molar-refractivity contribution in [2.45, 2.75) is 44.6 Å². The van der Waals surface area contributed by atoms with Gasteiger partial charge >= 0.3 is 0 Å². The summed E-state index contributed by atoms with van der Waals surface area (Å²) in [6, 6.07) is 12.3. The molecular weight excluding hydrogens is 340 g/mol. The first-order chi connectivity index (χ1) is 11.2. The smallest absolute Gasteiger partial charge is 0.227 e. The molecule has 1 fully saturated rings. The minimum absolute atomic E-state index is 0. The molecule has 0 bridgehead atoms. The Labute approximate surface area is 154 Å². The van der Waals surface area contributed by atoms with Gasteiger partial charge < -0.3 is 10.6 Å². The summed E-state index contributed by atoms with van der Waals surface area (Å²) in [4.78, 5) is 16.3. The lowest BCUT2D eigenvalue weighted by atomic mass is 9.96. The van der Waals surface area contributed by atoms with E-state index in [1.807, 2.05) is 35.6 Å². The number of hydrogen-bond acceptors (Lipinski definition) is 3. The van der Waals surface area contributed by atoms with E-state index in [0.717, 1.165) is 43.5 Å². The zero-order valence-electron chi connectivity index (χ0n) is 13.8. The summed E-state index contributed by atoms with van der Waals surface area (Å²) in [7, 11) is 0. The molecule has 1 aliphatic rings. The van der Waals surface area contributed by atoms with Crippen LogP contribution in [0.3, 0.4) is 0 Å². The summed E-state index contributed by atoms with van der Waals surface area (Å²) in [6.07, 6.45) is 6.14. The maximum absolute atomic E-state index is 12.7. The molecule has 1 aromatic heterocycles. The number of anilines is 1. The van der Waals surface area contributed by atoms with Crippen LogP contribution < -0.4 is 5.73 Å². The lowest BCUT2D eigenvalue weighted by Gasteiger charge is -2.36. The van der Waals surface area contributed by atoms with Gasteiger partial charge in [-0.15, -0.1) is 23.7 Å². The number of likely N-dealkylation sites (tertiary alicyclic amines) is 1. The average molecular weight is 365 g/mol. The molecule has 5 heteroatoms. The zero-order valence-corrected chi connectivity index (χ0v) is 15.5. The number of nitrogens with two attached hydrogens (primary N) is 1. The SMILES string of the molecule is Cl.Nc1ccc(CC(=O)N2CCCCC2CCc2cccs2)cc1. The van der Waals surface area contributed by atoms with Gasteiger partial charge in [-0.05, 0) is 61.2 Å². The summed E-state index contributed by atoms with van der Waals surface area (Å²) >= 11 is 1.81. The molecule has 1 amide bonds. The molecule has 24 heavy (non-hydrogen) atoms. The van der Waals surface area contributed by atoms with E-state index in [9.17, 15) is 4.79 Å². The number of nitrogens with zero attached hydrogens (tertiary/aromatic N) is 1. The third kappa shape index (κ3) is 4.99. The van der Waals surface area contributed by atoms with Crippen LogP contribution in [-0.2, 0) is 17.6 Å². The van der Waals surface area contributed by atoms with Crippen molar-refractivity contribution < 1.29 is 4.79 Å². The molecule has 1 aromatic carbocycles. The van der Waals surface area contributed by atoms with Gasteiger partial charge in [-0.25, -0.2) is 0 Å². The number of carbonyl (C=O) groups excluding carboxylic acids is 1. The van der Waals surface area contributed by atoms with Gasteiger partial charge in [0.2, 0.25) is 5.91 Å². The third-order valence-electron chi connectivity index (χ3n) is 4.59. The van der Waals surface area contributed by atoms with Crippen molar-refractivity contribution in [1.82, 2.24) is 4.90 Å². The Balaban J connectivity index is 0.00000208. The molecule has 0 aliphatic carbocycles. The molecule has 0 saturated carbocycles. The van der Waals surface area contributed by atoms with Gasteiger partial charge in [-0.2, -0.15) is 0 Å². The van der Waals surface area contributed by atoms with E-state index in [4.69, 9.17) is 5.73 Å². The minimum Gasteiger partial charge on any atom is -0.399 e. The highest BCUT2D eigenvalue weighted by molar-refractivity contribution is 7.09. The van der Waals surface area contributed by atoms with E-state index in [2.05, 4.69) is 22.4 Å². The Morgan fingerprint density at radius 3 is 2.71 bits per heavy atom. The normalized spacial score (nSPS) is 17.3. The summed E-state index contributed by atoms with van der Waals surface area (Å²) in [5.74, 6) is 0.255. The largest absolute Gasteiger partial charge is 0.399 e. The van der Waals surface area contributed by atoms with E-state index in [1.165, 1.54) is 11.3 Å². The quantitative estimate of drug-likeness (QED) is 0.803. The van der Waals surface area contributed by atoms with Crippen LogP contribution >= 0.6 is 23.7 Å². The first-order valence-corrected chi connectivity index (χ1v) is 9.26. The molecule has 1 atom stereocenters. The fourth-order valence-electron chi connectivity index (χ4n) is 3.30. The van der Waals surface area contributed by atoms with Gasteiger partial charge in [-0.1, -0.05) is 18.2 Å². The summed E-state index contributed by atoms with van der Waals surface area (Å²) < 4.78 is 0. The van der Waals surface area contributed by atoms with Gasteiger partial charge in [-0.3, -0.25) is 4.79 Å². The topological polar surface area (TPSA) is 46.3 Å². The molecule has 0 radical (unpaired) electrons. The van der Waals surface area contributed by atoms with Crippen LogP contribution in [0.25, 0.3) is 0 Å². The second kappa shape index (κ2) is 9.09. The van der Waals surface area contributed by atoms with Crippen molar-refractivity contribution in [3.8, 4) is 0 Å². The third-order valence-corrected chi connectivity index (χ3v) is 5.52. The van der Waals surface area contributed by atoms with Crippen LogP contribution in [0.5, 0.6) is 0 Å². The number of halogens is 1. The Morgan fingerprint density at radius 2 is 2.00 bits per heavy atom. The molecule has 3 rings (SSSR count). The van der Waals surface area contributed by atoms with Crippen molar-refractivity contribution in [3.63, 3.8) is 0 Å². The maximum Gasteiger partial charge on any atom is 0.227 e. The number of hydrogen-bond donors (Lipinski definition) is 1. The molecule has 2 heterocycles. The monoisotopic (exact) mass is 364 g/mol. The first kappa shape index (κ1) is 18.8. The predicted octanol–water partition coefficient (Wildman–Crippen LogP) is 4.31. The number of thiophene rings is 1. The lowest BCUT2D eigenvalue weighted by molar-refractivity contribution is -0.134. The van der Waals surface area contributed by atoms with Crippen LogP contribution in [-0.4, -0.2) is 23.4 Å². The predicted molar refractivity (Wildman–Crippen MR) is 104 cm³/mol. The maximum atomic E-state index is 12.7.